The number of alkyl halides is 1. The molecule has 6 rings (SSSR count). The van der Waals surface area contributed by atoms with Crippen LogP contribution in [0, 0.1) is 18.3 Å². The predicted octanol–water partition coefficient (Wildman–Crippen LogP) is 6.64. The number of rotatable bonds is 10. The largest absolute Gasteiger partial charge is 0.488 e. The van der Waals surface area contributed by atoms with E-state index < -0.39 is 12.9 Å². The average Bonchev–Trinajstić information content (AvgIpc) is 3.51. The Labute approximate surface area is 260 Å². The lowest BCUT2D eigenvalue weighted by molar-refractivity contribution is 0.0109. The quantitative estimate of drug-likeness (QED) is 0.196. The first-order valence-corrected chi connectivity index (χ1v) is 14.7. The fourth-order valence-corrected chi connectivity index (χ4v) is 5.59. The van der Waals surface area contributed by atoms with Crippen LogP contribution >= 0.6 is 11.6 Å². The highest BCUT2D eigenvalue weighted by Crippen LogP contribution is 2.38. The Kier molecular flexibility index (Phi) is 9.12. The van der Waals surface area contributed by atoms with Gasteiger partial charge < -0.3 is 23.7 Å². The maximum Gasteiger partial charge on any atom is 0.161 e. The standard InChI is InChI=1S/C34H31ClFN3O5/c1-22-25(3-2-4-28(22)24-5-6-30-33(15-24)41-12-11-40-30)21-44-32-16-31(43-20-23-7-8-38-27(13-23)18-37)26(14-29(32)35)19-39-9-10-42-34(39)17-36/h2-8,13-16,34H,9-12,17,19-21H2,1H3. The van der Waals surface area contributed by atoms with Crippen LogP contribution in [0.1, 0.15) is 27.9 Å². The second-order valence-electron chi connectivity index (χ2n) is 10.5. The molecule has 0 bridgehead atoms. The van der Waals surface area contributed by atoms with Gasteiger partial charge in [-0.05, 0) is 65.1 Å². The van der Waals surface area contributed by atoms with Gasteiger partial charge in [0.15, 0.2) is 11.5 Å². The molecule has 4 aromatic rings. The van der Waals surface area contributed by atoms with Crippen molar-refractivity contribution in [1.82, 2.24) is 9.88 Å². The van der Waals surface area contributed by atoms with Gasteiger partial charge in [-0.1, -0.05) is 35.9 Å². The summed E-state index contributed by atoms with van der Waals surface area (Å²) in [5.74, 6) is 2.50. The van der Waals surface area contributed by atoms with E-state index in [4.69, 9.17) is 35.3 Å². The summed E-state index contributed by atoms with van der Waals surface area (Å²) in [7, 11) is 0. The first-order chi connectivity index (χ1) is 21.5. The van der Waals surface area contributed by atoms with Gasteiger partial charge in [0.1, 0.15) is 62.6 Å². The van der Waals surface area contributed by atoms with Gasteiger partial charge in [-0.25, -0.2) is 9.37 Å². The van der Waals surface area contributed by atoms with Gasteiger partial charge in [-0.2, -0.15) is 5.26 Å². The van der Waals surface area contributed by atoms with E-state index in [0.29, 0.717) is 55.1 Å². The van der Waals surface area contributed by atoms with Crippen molar-refractivity contribution in [3.05, 3.63) is 99.8 Å². The summed E-state index contributed by atoms with van der Waals surface area (Å²) in [5, 5.41) is 9.64. The molecule has 1 unspecified atom stereocenters. The Hall–Kier alpha value is -4.36. The van der Waals surface area contributed by atoms with Crippen LogP contribution in [0.25, 0.3) is 11.1 Å². The highest BCUT2D eigenvalue weighted by atomic mass is 35.5. The fourth-order valence-electron chi connectivity index (χ4n) is 5.35. The molecule has 3 heterocycles. The van der Waals surface area contributed by atoms with Crippen LogP contribution in [0.4, 0.5) is 4.39 Å². The van der Waals surface area contributed by atoms with Crippen LogP contribution in [0.3, 0.4) is 0 Å². The van der Waals surface area contributed by atoms with Crippen LogP contribution < -0.4 is 18.9 Å². The minimum Gasteiger partial charge on any atom is -0.488 e. The topological polar surface area (TPSA) is 86.1 Å². The van der Waals surface area contributed by atoms with Crippen molar-refractivity contribution in [2.24, 2.45) is 0 Å². The Morgan fingerprint density at radius 1 is 0.977 bits per heavy atom. The molecule has 2 aliphatic rings. The number of hydrogen-bond donors (Lipinski definition) is 0. The first-order valence-electron chi connectivity index (χ1n) is 14.4. The van der Waals surface area contributed by atoms with Crippen molar-refractivity contribution in [1.29, 1.82) is 5.26 Å². The van der Waals surface area contributed by atoms with E-state index in [2.05, 4.69) is 18.0 Å². The number of halogens is 2. The minimum atomic E-state index is -0.611. The van der Waals surface area contributed by atoms with Crippen LogP contribution in [0.5, 0.6) is 23.0 Å². The third kappa shape index (κ3) is 6.58. The summed E-state index contributed by atoms with van der Waals surface area (Å²) < 4.78 is 43.0. The molecule has 8 nitrogen and oxygen atoms in total. The fraction of sp³-hybridized carbons (Fsp3) is 0.294. The normalized spacial score (nSPS) is 16.0. The third-order valence-corrected chi connectivity index (χ3v) is 8.03. The maximum absolute atomic E-state index is 13.6. The zero-order chi connectivity index (χ0) is 30.5. The number of pyridine rings is 1. The minimum absolute atomic E-state index is 0.199. The number of fused-ring (bicyclic) bond motifs is 1. The predicted molar refractivity (Wildman–Crippen MR) is 163 cm³/mol. The Balaban J connectivity index is 1.24. The van der Waals surface area contributed by atoms with E-state index in [-0.39, 0.29) is 13.2 Å². The molecule has 0 amide bonds. The van der Waals surface area contributed by atoms with Gasteiger partial charge in [0, 0.05) is 30.9 Å². The lowest BCUT2D eigenvalue weighted by Gasteiger charge is -2.23. The Morgan fingerprint density at radius 3 is 2.66 bits per heavy atom. The number of benzene rings is 3. The van der Waals surface area contributed by atoms with Gasteiger partial charge in [-0.15, -0.1) is 0 Å². The molecule has 0 spiro atoms. The lowest BCUT2D eigenvalue weighted by atomic mass is 9.96. The van der Waals surface area contributed by atoms with Crippen molar-refractivity contribution in [2.45, 2.75) is 32.9 Å². The monoisotopic (exact) mass is 615 g/mol. The number of nitrogens with zero attached hydrogens (tertiary/aromatic N) is 3. The second kappa shape index (κ2) is 13.5. The van der Waals surface area contributed by atoms with E-state index in [0.717, 1.165) is 44.9 Å². The van der Waals surface area contributed by atoms with Crippen molar-refractivity contribution < 1.29 is 28.1 Å². The van der Waals surface area contributed by atoms with E-state index in [9.17, 15) is 9.65 Å². The number of ether oxygens (including phenoxy) is 5. The number of hydrogen-bond acceptors (Lipinski definition) is 8. The van der Waals surface area contributed by atoms with Crippen LogP contribution in [0.2, 0.25) is 5.02 Å². The molecule has 0 N–H and O–H groups in total. The van der Waals surface area contributed by atoms with Gasteiger partial charge in [0.2, 0.25) is 0 Å². The summed E-state index contributed by atoms with van der Waals surface area (Å²) in [5.41, 5.74) is 6.04. The van der Waals surface area contributed by atoms with Crippen molar-refractivity contribution in [3.63, 3.8) is 0 Å². The van der Waals surface area contributed by atoms with Gasteiger partial charge in [0.05, 0.1) is 11.6 Å². The SMILES string of the molecule is Cc1c(COc2cc(OCc3ccnc(C#N)c3)c(CN3CCOC3CF)cc2Cl)cccc1-c1ccc2c(c1)OCCO2. The molecular formula is C34H31ClFN3O5. The smallest absolute Gasteiger partial charge is 0.161 e. The highest BCUT2D eigenvalue weighted by molar-refractivity contribution is 6.32. The summed E-state index contributed by atoms with van der Waals surface area (Å²) in [4.78, 5) is 5.93. The molecule has 1 atom stereocenters. The highest BCUT2D eigenvalue weighted by Gasteiger charge is 2.27. The van der Waals surface area contributed by atoms with Crippen molar-refractivity contribution >= 4 is 11.6 Å². The lowest BCUT2D eigenvalue weighted by Crippen LogP contribution is -2.31. The molecule has 3 aromatic carbocycles. The summed E-state index contributed by atoms with van der Waals surface area (Å²) in [6.07, 6.45) is 0.962. The van der Waals surface area contributed by atoms with E-state index in [1.54, 1.807) is 30.5 Å². The van der Waals surface area contributed by atoms with Crippen molar-refractivity contribution in [2.75, 3.05) is 33.0 Å². The van der Waals surface area contributed by atoms with Gasteiger partial charge in [0.25, 0.3) is 0 Å². The molecule has 0 aliphatic carbocycles. The molecule has 1 fully saturated rings. The number of aromatic nitrogens is 1. The van der Waals surface area contributed by atoms with Crippen LogP contribution in [-0.2, 0) is 24.5 Å². The molecule has 0 radical (unpaired) electrons. The summed E-state index contributed by atoms with van der Waals surface area (Å²) in [6, 6.07) is 21.1. The zero-order valence-electron chi connectivity index (χ0n) is 24.2. The molecule has 44 heavy (non-hydrogen) atoms. The van der Waals surface area contributed by atoms with E-state index in [1.807, 2.05) is 41.3 Å². The second-order valence-corrected chi connectivity index (χ2v) is 10.9. The molecule has 0 saturated carbocycles. The first kappa shape index (κ1) is 29.7. The number of nitriles is 1. The van der Waals surface area contributed by atoms with Crippen LogP contribution in [0.15, 0.2) is 66.9 Å². The van der Waals surface area contributed by atoms with Gasteiger partial charge in [-0.3, -0.25) is 4.90 Å². The average molecular weight is 616 g/mol. The van der Waals surface area contributed by atoms with E-state index >= 15 is 0 Å². The molecule has 1 saturated heterocycles. The molecule has 1 aromatic heterocycles. The summed E-state index contributed by atoms with van der Waals surface area (Å²) >= 11 is 6.74. The molecular weight excluding hydrogens is 585 g/mol. The van der Waals surface area contributed by atoms with E-state index in [1.165, 1.54) is 0 Å². The zero-order valence-corrected chi connectivity index (χ0v) is 25.0. The summed E-state index contributed by atoms with van der Waals surface area (Å²) in [6.45, 7) is 4.45. The molecule has 10 heteroatoms. The maximum atomic E-state index is 13.6. The third-order valence-electron chi connectivity index (χ3n) is 7.73. The molecule has 226 valence electrons. The Bertz CT molecular complexity index is 1690. The Morgan fingerprint density at radius 2 is 1.82 bits per heavy atom. The van der Waals surface area contributed by atoms with Gasteiger partial charge >= 0.3 is 0 Å². The molecule has 2 aliphatic heterocycles. The van der Waals surface area contributed by atoms with Crippen LogP contribution in [-0.4, -0.2) is 49.2 Å². The van der Waals surface area contributed by atoms with Crippen molar-refractivity contribution in [3.8, 4) is 40.2 Å².